The molecule has 0 saturated carbocycles. The lowest BCUT2D eigenvalue weighted by molar-refractivity contribution is -0.384. The van der Waals surface area contributed by atoms with Crippen LogP contribution in [0, 0.1) is 22.0 Å². The molecule has 2 aliphatic rings. The van der Waals surface area contributed by atoms with E-state index in [9.17, 15) is 14.9 Å². The molecule has 3 heterocycles. The molecule has 8 heteroatoms. The number of nitrogens with zero attached hydrogens (tertiary/aromatic N) is 3. The Morgan fingerprint density at radius 2 is 2.00 bits per heavy atom. The van der Waals surface area contributed by atoms with Crippen molar-refractivity contribution in [3.05, 3.63) is 45.5 Å². The summed E-state index contributed by atoms with van der Waals surface area (Å²) in [5.74, 6) is 1.30. The highest BCUT2D eigenvalue weighted by Gasteiger charge is 2.32. The summed E-state index contributed by atoms with van der Waals surface area (Å²) in [5, 5.41) is 16.8. The second-order valence-electron chi connectivity index (χ2n) is 6.89. The molecule has 1 aromatic carbocycles. The Morgan fingerprint density at radius 3 is 2.69 bits per heavy atom. The molecule has 4 rings (SSSR count). The predicted octanol–water partition coefficient (Wildman–Crippen LogP) is 2.79. The van der Waals surface area contributed by atoms with Gasteiger partial charge in [-0.05, 0) is 37.8 Å². The number of carbonyl (C=O) groups is 1. The highest BCUT2D eigenvalue weighted by molar-refractivity contribution is 7.13. The topological polar surface area (TPSA) is 88.4 Å². The number of aromatic nitrogens is 1. The Bertz CT molecular complexity index is 823. The first kappa shape index (κ1) is 17.1. The number of nitrogens with one attached hydrogen (secondary N) is 1. The van der Waals surface area contributed by atoms with E-state index < -0.39 is 4.92 Å². The maximum Gasteiger partial charge on any atom is 0.273 e. The van der Waals surface area contributed by atoms with E-state index in [1.165, 1.54) is 23.5 Å². The minimum atomic E-state index is -0.424. The molecular weight excluding hydrogens is 352 g/mol. The van der Waals surface area contributed by atoms with Gasteiger partial charge >= 0.3 is 0 Å². The van der Waals surface area contributed by atoms with E-state index >= 15 is 0 Å². The average molecular weight is 372 g/mol. The van der Waals surface area contributed by atoms with Crippen LogP contribution in [-0.2, 0) is 0 Å². The van der Waals surface area contributed by atoms with Crippen molar-refractivity contribution in [3.63, 3.8) is 0 Å². The molecule has 136 valence electrons. The lowest BCUT2D eigenvalue weighted by Gasteiger charge is -2.19. The summed E-state index contributed by atoms with van der Waals surface area (Å²) < 4.78 is 0. The van der Waals surface area contributed by atoms with Gasteiger partial charge in [-0.3, -0.25) is 14.9 Å². The Morgan fingerprint density at radius 1 is 1.27 bits per heavy atom. The summed E-state index contributed by atoms with van der Waals surface area (Å²) in [4.78, 5) is 29.7. The van der Waals surface area contributed by atoms with Gasteiger partial charge in [-0.2, -0.15) is 0 Å². The summed E-state index contributed by atoms with van der Waals surface area (Å²) in [6, 6.07) is 6.36. The zero-order chi connectivity index (χ0) is 18.1. The summed E-state index contributed by atoms with van der Waals surface area (Å²) >= 11 is 1.35. The zero-order valence-electron chi connectivity index (χ0n) is 14.3. The lowest BCUT2D eigenvalue weighted by atomic mass is 9.92. The van der Waals surface area contributed by atoms with Crippen LogP contribution < -0.4 is 5.32 Å². The first-order valence-electron chi connectivity index (χ1n) is 8.82. The van der Waals surface area contributed by atoms with Crippen molar-refractivity contribution < 1.29 is 9.72 Å². The van der Waals surface area contributed by atoms with Gasteiger partial charge in [-0.25, -0.2) is 4.98 Å². The van der Waals surface area contributed by atoms with E-state index in [0.717, 1.165) is 39.0 Å². The first-order chi connectivity index (χ1) is 12.6. The SMILES string of the molecule is O=C(c1csc(-c2cccc([N+](=O)[O-])c2)n1)N1CC[C@@H]2CNC[C@@H]2CC1. The fourth-order valence-electron chi connectivity index (χ4n) is 3.84. The first-order valence-corrected chi connectivity index (χ1v) is 9.70. The van der Waals surface area contributed by atoms with Gasteiger partial charge in [0.15, 0.2) is 0 Å². The fourth-order valence-corrected chi connectivity index (χ4v) is 4.63. The number of benzene rings is 1. The minimum absolute atomic E-state index is 0.0262. The molecule has 0 bridgehead atoms. The maximum atomic E-state index is 12.8. The van der Waals surface area contributed by atoms with Gasteiger partial charge in [0.25, 0.3) is 11.6 Å². The molecule has 7 nitrogen and oxygen atoms in total. The summed E-state index contributed by atoms with van der Waals surface area (Å²) in [7, 11) is 0. The highest BCUT2D eigenvalue weighted by atomic mass is 32.1. The molecule has 1 aromatic heterocycles. The molecule has 2 aromatic rings. The van der Waals surface area contributed by atoms with Crippen molar-refractivity contribution >= 4 is 22.9 Å². The van der Waals surface area contributed by atoms with E-state index in [4.69, 9.17) is 0 Å². The van der Waals surface area contributed by atoms with Gasteiger partial charge in [0, 0.05) is 36.2 Å². The fraction of sp³-hybridized carbons (Fsp3) is 0.444. The highest BCUT2D eigenvalue weighted by Crippen LogP contribution is 2.30. The summed E-state index contributed by atoms with van der Waals surface area (Å²) in [5.41, 5.74) is 1.12. The van der Waals surface area contributed by atoms with Crippen molar-refractivity contribution in [2.45, 2.75) is 12.8 Å². The zero-order valence-corrected chi connectivity index (χ0v) is 15.1. The third-order valence-electron chi connectivity index (χ3n) is 5.33. The average Bonchev–Trinajstić information content (AvgIpc) is 3.27. The molecule has 1 N–H and O–H groups in total. The van der Waals surface area contributed by atoms with Crippen molar-refractivity contribution in [1.29, 1.82) is 0 Å². The lowest BCUT2D eigenvalue weighted by Crippen LogP contribution is -2.33. The van der Waals surface area contributed by atoms with E-state index in [1.807, 2.05) is 4.90 Å². The number of nitro groups is 1. The molecule has 2 fully saturated rings. The number of rotatable bonds is 3. The molecule has 2 atom stereocenters. The van der Waals surface area contributed by atoms with E-state index in [2.05, 4.69) is 10.3 Å². The maximum absolute atomic E-state index is 12.8. The largest absolute Gasteiger partial charge is 0.337 e. The van der Waals surface area contributed by atoms with Crippen LogP contribution >= 0.6 is 11.3 Å². The molecule has 0 unspecified atom stereocenters. The summed E-state index contributed by atoms with van der Waals surface area (Å²) in [6.07, 6.45) is 2.07. The van der Waals surface area contributed by atoms with Crippen LogP contribution in [0.2, 0.25) is 0 Å². The van der Waals surface area contributed by atoms with Crippen LogP contribution in [-0.4, -0.2) is 46.9 Å². The Balaban J connectivity index is 1.50. The standard InChI is InChI=1S/C18H20N4O3S/c23-18(21-6-4-13-9-19-10-14(13)5-7-21)16-11-26-17(20-16)12-2-1-3-15(8-12)22(24)25/h1-3,8,11,13-14,19H,4-7,9-10H2/t13-,14+. The molecule has 1 amide bonds. The van der Waals surface area contributed by atoms with Crippen molar-refractivity contribution in [1.82, 2.24) is 15.2 Å². The van der Waals surface area contributed by atoms with Gasteiger partial charge in [-0.1, -0.05) is 12.1 Å². The van der Waals surface area contributed by atoms with Crippen molar-refractivity contribution in [2.75, 3.05) is 26.2 Å². The number of thiazole rings is 1. The molecule has 0 radical (unpaired) electrons. The molecule has 2 saturated heterocycles. The molecule has 0 aliphatic carbocycles. The third kappa shape index (κ3) is 3.34. The Kier molecular flexibility index (Phi) is 4.69. The normalized spacial score (nSPS) is 22.7. The van der Waals surface area contributed by atoms with Gasteiger partial charge in [0.2, 0.25) is 0 Å². The molecule has 0 spiro atoms. The molecule has 26 heavy (non-hydrogen) atoms. The van der Waals surface area contributed by atoms with Gasteiger partial charge in [0.1, 0.15) is 10.7 Å². The number of hydrogen-bond donors (Lipinski definition) is 1. The number of non-ortho nitro benzene ring substituents is 1. The second kappa shape index (κ2) is 7.13. The number of carbonyl (C=O) groups excluding carboxylic acids is 1. The number of fused-ring (bicyclic) bond motifs is 1. The number of hydrogen-bond acceptors (Lipinski definition) is 6. The number of amides is 1. The Hall–Kier alpha value is -2.32. The Labute approximate surface area is 155 Å². The van der Waals surface area contributed by atoms with Crippen molar-refractivity contribution in [3.8, 4) is 10.6 Å². The predicted molar refractivity (Wildman–Crippen MR) is 99.2 cm³/mol. The monoisotopic (exact) mass is 372 g/mol. The van der Waals surface area contributed by atoms with E-state index in [0.29, 0.717) is 28.1 Å². The van der Waals surface area contributed by atoms with Crippen LogP contribution in [0.3, 0.4) is 0 Å². The third-order valence-corrected chi connectivity index (χ3v) is 6.23. The van der Waals surface area contributed by atoms with Crippen LogP contribution in [0.4, 0.5) is 5.69 Å². The molecule has 2 aliphatic heterocycles. The van der Waals surface area contributed by atoms with Crippen LogP contribution in [0.1, 0.15) is 23.3 Å². The minimum Gasteiger partial charge on any atom is -0.337 e. The van der Waals surface area contributed by atoms with Gasteiger partial charge < -0.3 is 10.2 Å². The van der Waals surface area contributed by atoms with Crippen LogP contribution in [0.15, 0.2) is 29.6 Å². The van der Waals surface area contributed by atoms with Crippen LogP contribution in [0.25, 0.3) is 10.6 Å². The van der Waals surface area contributed by atoms with Crippen molar-refractivity contribution in [2.24, 2.45) is 11.8 Å². The smallest absolute Gasteiger partial charge is 0.273 e. The van der Waals surface area contributed by atoms with Gasteiger partial charge in [-0.15, -0.1) is 11.3 Å². The quantitative estimate of drug-likeness (QED) is 0.661. The van der Waals surface area contributed by atoms with Crippen LogP contribution in [0.5, 0.6) is 0 Å². The molecular formula is C18H20N4O3S. The number of nitro benzene ring substituents is 1. The van der Waals surface area contributed by atoms with E-state index in [-0.39, 0.29) is 11.6 Å². The summed E-state index contributed by atoms with van der Waals surface area (Å²) in [6.45, 7) is 3.65. The van der Waals surface area contributed by atoms with E-state index in [1.54, 1.807) is 17.5 Å². The second-order valence-corrected chi connectivity index (χ2v) is 7.75. The van der Waals surface area contributed by atoms with Gasteiger partial charge in [0.05, 0.1) is 4.92 Å². The number of likely N-dealkylation sites (tertiary alicyclic amines) is 1.